The molecule has 0 saturated carbocycles. The normalized spacial score (nSPS) is 14.1. The highest BCUT2D eigenvalue weighted by molar-refractivity contribution is 5.84. The van der Waals surface area contributed by atoms with E-state index in [-0.39, 0.29) is 24.3 Å². The first kappa shape index (κ1) is 19.8. The fraction of sp³-hybridized carbons (Fsp3) is 0.526. The predicted octanol–water partition coefficient (Wildman–Crippen LogP) is 0.777. The summed E-state index contributed by atoms with van der Waals surface area (Å²) in [4.78, 5) is 40.9. The first-order valence-corrected chi connectivity index (χ1v) is 8.83. The summed E-state index contributed by atoms with van der Waals surface area (Å²) in [5.41, 5.74) is 1.00. The van der Waals surface area contributed by atoms with Crippen molar-refractivity contribution in [1.82, 2.24) is 14.7 Å². The van der Waals surface area contributed by atoms with E-state index < -0.39 is 0 Å². The molecule has 7 nitrogen and oxygen atoms in total. The Bertz CT molecular complexity index is 654. The molecule has 1 aromatic carbocycles. The third-order valence-corrected chi connectivity index (χ3v) is 4.69. The SMILES string of the molecule is COc1ccccc1CCN(CC(=O)N1CCN(C(C)=O)CC1)C(C)=O. The summed E-state index contributed by atoms with van der Waals surface area (Å²) in [5, 5.41) is 0. The second kappa shape index (κ2) is 9.22. The van der Waals surface area contributed by atoms with Gasteiger partial charge < -0.3 is 19.4 Å². The average Bonchev–Trinajstić information content (AvgIpc) is 2.64. The maximum absolute atomic E-state index is 12.5. The molecule has 1 saturated heterocycles. The molecule has 1 aliphatic heterocycles. The molecule has 3 amide bonds. The number of methoxy groups -OCH3 is 1. The van der Waals surface area contributed by atoms with Crippen molar-refractivity contribution in [2.75, 3.05) is 46.4 Å². The molecule has 1 aromatic rings. The fourth-order valence-corrected chi connectivity index (χ4v) is 3.05. The number of nitrogens with zero attached hydrogens (tertiary/aromatic N) is 3. The predicted molar refractivity (Wildman–Crippen MR) is 97.8 cm³/mol. The standard InChI is InChI=1S/C19H27N3O4/c1-15(23)20-10-12-21(13-11-20)19(25)14-22(16(2)24)9-8-17-6-4-5-7-18(17)26-3/h4-7H,8-14H2,1-3H3. The van der Waals surface area contributed by atoms with Crippen molar-refractivity contribution in [3.63, 3.8) is 0 Å². The van der Waals surface area contributed by atoms with Gasteiger partial charge in [-0.05, 0) is 18.1 Å². The minimum absolute atomic E-state index is 0.0271. The van der Waals surface area contributed by atoms with E-state index >= 15 is 0 Å². The van der Waals surface area contributed by atoms with E-state index in [0.717, 1.165) is 11.3 Å². The largest absolute Gasteiger partial charge is 0.496 e. The number of ether oxygens (including phenoxy) is 1. The van der Waals surface area contributed by atoms with Crippen LogP contribution in [0.25, 0.3) is 0 Å². The van der Waals surface area contributed by atoms with Crippen molar-refractivity contribution >= 4 is 17.7 Å². The smallest absolute Gasteiger partial charge is 0.242 e. The van der Waals surface area contributed by atoms with Gasteiger partial charge in [-0.2, -0.15) is 0 Å². The van der Waals surface area contributed by atoms with Crippen LogP contribution in [0.3, 0.4) is 0 Å². The highest BCUT2D eigenvalue weighted by Gasteiger charge is 2.24. The van der Waals surface area contributed by atoms with Gasteiger partial charge >= 0.3 is 0 Å². The lowest BCUT2D eigenvalue weighted by Crippen LogP contribution is -2.52. The van der Waals surface area contributed by atoms with E-state index in [2.05, 4.69) is 0 Å². The van der Waals surface area contributed by atoms with Crippen LogP contribution in [-0.2, 0) is 20.8 Å². The number of rotatable bonds is 6. The molecule has 0 radical (unpaired) electrons. The quantitative estimate of drug-likeness (QED) is 0.751. The molecule has 2 rings (SSSR count). The van der Waals surface area contributed by atoms with Crippen molar-refractivity contribution in [3.05, 3.63) is 29.8 Å². The molecular formula is C19H27N3O4. The number of piperazine rings is 1. The van der Waals surface area contributed by atoms with Crippen LogP contribution in [0.15, 0.2) is 24.3 Å². The number of carbonyl (C=O) groups is 3. The van der Waals surface area contributed by atoms with Crippen molar-refractivity contribution in [1.29, 1.82) is 0 Å². The molecule has 0 bridgehead atoms. The van der Waals surface area contributed by atoms with Crippen molar-refractivity contribution in [3.8, 4) is 5.75 Å². The minimum atomic E-state index is -0.129. The summed E-state index contributed by atoms with van der Waals surface area (Å²) in [7, 11) is 1.62. The molecular weight excluding hydrogens is 334 g/mol. The van der Waals surface area contributed by atoms with Crippen LogP contribution in [0.2, 0.25) is 0 Å². The molecule has 26 heavy (non-hydrogen) atoms. The number of hydrogen-bond donors (Lipinski definition) is 0. The van der Waals surface area contributed by atoms with Crippen LogP contribution in [-0.4, -0.2) is 78.8 Å². The highest BCUT2D eigenvalue weighted by Crippen LogP contribution is 2.18. The zero-order chi connectivity index (χ0) is 19.1. The second-order valence-corrected chi connectivity index (χ2v) is 6.39. The summed E-state index contributed by atoms with van der Waals surface area (Å²) >= 11 is 0. The first-order valence-electron chi connectivity index (χ1n) is 8.83. The zero-order valence-electron chi connectivity index (χ0n) is 15.7. The van der Waals surface area contributed by atoms with Crippen LogP contribution < -0.4 is 4.74 Å². The van der Waals surface area contributed by atoms with Crippen LogP contribution in [0.5, 0.6) is 5.75 Å². The van der Waals surface area contributed by atoms with Gasteiger partial charge in [-0.3, -0.25) is 14.4 Å². The number of para-hydroxylation sites is 1. The monoisotopic (exact) mass is 361 g/mol. The molecule has 142 valence electrons. The maximum Gasteiger partial charge on any atom is 0.242 e. The molecule has 1 aliphatic rings. The Morgan fingerprint density at radius 1 is 1.04 bits per heavy atom. The molecule has 0 unspecified atom stereocenters. The van der Waals surface area contributed by atoms with Gasteiger partial charge in [0.15, 0.2) is 0 Å². The Balaban J connectivity index is 1.90. The summed E-state index contributed by atoms with van der Waals surface area (Å²) in [6.45, 7) is 5.63. The van der Waals surface area contributed by atoms with E-state index in [0.29, 0.717) is 39.1 Å². The molecule has 0 aliphatic carbocycles. The third-order valence-electron chi connectivity index (χ3n) is 4.69. The Morgan fingerprint density at radius 3 is 2.23 bits per heavy atom. The van der Waals surface area contributed by atoms with Crippen LogP contribution in [0.1, 0.15) is 19.4 Å². The Labute approximate surface area is 154 Å². The Hall–Kier alpha value is -2.57. The summed E-state index contributed by atoms with van der Waals surface area (Å²) < 4.78 is 5.33. The lowest BCUT2D eigenvalue weighted by Gasteiger charge is -2.35. The van der Waals surface area contributed by atoms with Gasteiger partial charge in [-0.15, -0.1) is 0 Å². The average molecular weight is 361 g/mol. The van der Waals surface area contributed by atoms with Crippen molar-refractivity contribution < 1.29 is 19.1 Å². The maximum atomic E-state index is 12.5. The summed E-state index contributed by atoms with van der Waals surface area (Å²) in [6, 6.07) is 7.66. The molecule has 0 spiro atoms. The fourth-order valence-electron chi connectivity index (χ4n) is 3.05. The zero-order valence-corrected chi connectivity index (χ0v) is 15.7. The van der Waals surface area contributed by atoms with Crippen molar-refractivity contribution in [2.45, 2.75) is 20.3 Å². The highest BCUT2D eigenvalue weighted by atomic mass is 16.5. The lowest BCUT2D eigenvalue weighted by atomic mass is 10.1. The van der Waals surface area contributed by atoms with E-state index in [4.69, 9.17) is 4.74 Å². The van der Waals surface area contributed by atoms with Gasteiger partial charge in [0.2, 0.25) is 17.7 Å². The van der Waals surface area contributed by atoms with E-state index in [1.807, 2.05) is 24.3 Å². The van der Waals surface area contributed by atoms with E-state index in [1.54, 1.807) is 21.8 Å². The van der Waals surface area contributed by atoms with Gasteiger partial charge in [0.05, 0.1) is 13.7 Å². The third kappa shape index (κ3) is 5.21. The summed E-state index contributed by atoms with van der Waals surface area (Å²) in [5.74, 6) is 0.598. The molecule has 0 N–H and O–H groups in total. The van der Waals surface area contributed by atoms with Crippen LogP contribution in [0.4, 0.5) is 0 Å². The second-order valence-electron chi connectivity index (χ2n) is 6.39. The first-order chi connectivity index (χ1) is 12.4. The number of benzene rings is 1. The van der Waals surface area contributed by atoms with Gasteiger partial charge in [0, 0.05) is 46.6 Å². The number of carbonyl (C=O) groups excluding carboxylic acids is 3. The molecule has 1 heterocycles. The van der Waals surface area contributed by atoms with Crippen LogP contribution >= 0.6 is 0 Å². The molecule has 0 atom stereocenters. The van der Waals surface area contributed by atoms with Crippen molar-refractivity contribution in [2.24, 2.45) is 0 Å². The lowest BCUT2D eigenvalue weighted by molar-refractivity contribution is -0.142. The van der Waals surface area contributed by atoms with Crippen LogP contribution in [0, 0.1) is 0 Å². The molecule has 7 heteroatoms. The van der Waals surface area contributed by atoms with Gasteiger partial charge in [0.25, 0.3) is 0 Å². The van der Waals surface area contributed by atoms with Gasteiger partial charge in [0.1, 0.15) is 5.75 Å². The number of amides is 3. The topological polar surface area (TPSA) is 70.2 Å². The molecule has 0 aromatic heterocycles. The Kier molecular flexibility index (Phi) is 7.00. The van der Waals surface area contributed by atoms with Gasteiger partial charge in [-0.1, -0.05) is 18.2 Å². The van der Waals surface area contributed by atoms with Gasteiger partial charge in [-0.25, -0.2) is 0 Å². The Morgan fingerprint density at radius 2 is 1.65 bits per heavy atom. The summed E-state index contributed by atoms with van der Waals surface area (Å²) in [6.07, 6.45) is 0.620. The minimum Gasteiger partial charge on any atom is -0.496 e. The number of hydrogen-bond acceptors (Lipinski definition) is 4. The molecule has 1 fully saturated rings. The van der Waals surface area contributed by atoms with E-state index in [1.165, 1.54) is 13.8 Å². The van der Waals surface area contributed by atoms with E-state index in [9.17, 15) is 14.4 Å².